The Morgan fingerprint density at radius 1 is 1.24 bits per heavy atom. The Labute approximate surface area is 148 Å². The molecule has 1 aromatic rings. The first-order valence-electron chi connectivity index (χ1n) is 9.45. The second kappa shape index (κ2) is 6.45. The quantitative estimate of drug-likeness (QED) is 0.765. The van der Waals surface area contributed by atoms with Crippen molar-refractivity contribution in [2.75, 3.05) is 0 Å². The number of hydrogen-bond donors (Lipinski definition) is 3. The summed E-state index contributed by atoms with van der Waals surface area (Å²) in [6.45, 7) is 1.55. The van der Waals surface area contributed by atoms with Crippen LogP contribution < -0.4 is 10.6 Å². The number of rotatable bonds is 5. The van der Waals surface area contributed by atoms with Crippen molar-refractivity contribution in [2.45, 2.75) is 69.6 Å². The summed E-state index contributed by atoms with van der Waals surface area (Å²) in [5.41, 5.74) is 4.06. The molecule has 25 heavy (non-hydrogen) atoms. The van der Waals surface area contributed by atoms with E-state index < -0.39 is 12.1 Å². The van der Waals surface area contributed by atoms with Crippen molar-refractivity contribution in [1.29, 1.82) is 0 Å². The Morgan fingerprint density at radius 2 is 2.04 bits per heavy atom. The lowest BCUT2D eigenvalue weighted by Crippen LogP contribution is -2.53. The summed E-state index contributed by atoms with van der Waals surface area (Å²) in [4.78, 5) is 24.7. The third kappa shape index (κ3) is 3.17. The van der Waals surface area contributed by atoms with Crippen molar-refractivity contribution in [1.82, 2.24) is 10.6 Å². The summed E-state index contributed by atoms with van der Waals surface area (Å²) in [5, 5.41) is 15.8. The van der Waals surface area contributed by atoms with Gasteiger partial charge in [0.25, 0.3) is 0 Å². The van der Waals surface area contributed by atoms with Crippen LogP contribution in [0.15, 0.2) is 18.2 Å². The zero-order valence-electron chi connectivity index (χ0n) is 14.6. The Hall–Kier alpha value is -1.88. The molecule has 3 aliphatic rings. The molecule has 134 valence electrons. The van der Waals surface area contributed by atoms with Gasteiger partial charge in [0.1, 0.15) is 6.04 Å². The van der Waals surface area contributed by atoms with Gasteiger partial charge in [-0.05, 0) is 68.1 Å². The molecule has 4 atom stereocenters. The molecule has 4 rings (SSSR count). The number of benzene rings is 1. The fourth-order valence-electron chi connectivity index (χ4n) is 4.40. The number of amides is 2. The molecule has 0 heterocycles. The molecule has 5 nitrogen and oxygen atoms in total. The minimum Gasteiger partial charge on any atom is -0.391 e. The fraction of sp³-hybridized carbons (Fsp3) is 0.600. The highest BCUT2D eigenvalue weighted by Gasteiger charge is 2.38. The standard InChI is InChI=1S/C20H26N2O3/c1-11(23)18(22-19(24)13-8-9-13)20(25)21-16-10-14-6-2-4-12-5-3-7-15(16)17(12)14/h3,5,7,11,13-14,16,18,23H,2,4,6,8-10H2,1H3,(H,21,25)(H,22,24)/t11-,14-,16-,18-/m0/s1. The van der Waals surface area contributed by atoms with Gasteiger partial charge in [-0.15, -0.1) is 0 Å². The van der Waals surface area contributed by atoms with Crippen LogP contribution in [0.3, 0.4) is 0 Å². The Bertz CT molecular complexity index is 696. The predicted octanol–water partition coefficient (Wildman–Crippen LogP) is 1.94. The van der Waals surface area contributed by atoms with Crippen LogP contribution in [0.2, 0.25) is 0 Å². The molecule has 0 bridgehead atoms. The topological polar surface area (TPSA) is 78.4 Å². The number of aliphatic hydroxyl groups is 1. The molecule has 5 heteroatoms. The van der Waals surface area contributed by atoms with E-state index in [0.717, 1.165) is 25.7 Å². The Kier molecular flexibility index (Phi) is 4.28. The van der Waals surface area contributed by atoms with E-state index in [0.29, 0.717) is 5.92 Å². The van der Waals surface area contributed by atoms with E-state index in [2.05, 4.69) is 28.8 Å². The maximum atomic E-state index is 12.7. The maximum absolute atomic E-state index is 12.7. The van der Waals surface area contributed by atoms with Gasteiger partial charge >= 0.3 is 0 Å². The number of aryl methyl sites for hydroxylation is 1. The second-order valence-electron chi connectivity index (χ2n) is 7.81. The average Bonchev–Trinajstić information content (AvgIpc) is 3.38. The van der Waals surface area contributed by atoms with Gasteiger partial charge in [-0.25, -0.2) is 0 Å². The number of aliphatic hydroxyl groups excluding tert-OH is 1. The lowest BCUT2D eigenvalue weighted by Gasteiger charge is -2.23. The van der Waals surface area contributed by atoms with E-state index >= 15 is 0 Å². The molecular formula is C20H26N2O3. The van der Waals surface area contributed by atoms with Crippen LogP contribution in [0.5, 0.6) is 0 Å². The van der Waals surface area contributed by atoms with E-state index in [9.17, 15) is 14.7 Å². The van der Waals surface area contributed by atoms with E-state index in [4.69, 9.17) is 0 Å². The third-order valence-electron chi connectivity index (χ3n) is 5.86. The second-order valence-corrected chi connectivity index (χ2v) is 7.81. The van der Waals surface area contributed by atoms with Gasteiger partial charge in [-0.3, -0.25) is 9.59 Å². The lowest BCUT2D eigenvalue weighted by molar-refractivity contribution is -0.132. The molecule has 1 saturated carbocycles. The molecular weight excluding hydrogens is 316 g/mol. The first-order valence-corrected chi connectivity index (χ1v) is 9.45. The van der Waals surface area contributed by atoms with Crippen LogP contribution in [0.25, 0.3) is 0 Å². The van der Waals surface area contributed by atoms with E-state index in [1.54, 1.807) is 6.92 Å². The zero-order chi connectivity index (χ0) is 17.6. The molecule has 0 spiro atoms. The van der Waals surface area contributed by atoms with Gasteiger partial charge in [-0.1, -0.05) is 18.2 Å². The van der Waals surface area contributed by atoms with Crippen LogP contribution in [0, 0.1) is 5.92 Å². The maximum Gasteiger partial charge on any atom is 0.245 e. The summed E-state index contributed by atoms with van der Waals surface area (Å²) in [7, 11) is 0. The summed E-state index contributed by atoms with van der Waals surface area (Å²) < 4.78 is 0. The Balaban J connectivity index is 1.49. The number of carbonyl (C=O) groups is 2. The first-order chi connectivity index (χ1) is 12.0. The van der Waals surface area contributed by atoms with Crippen molar-refractivity contribution < 1.29 is 14.7 Å². The molecule has 0 aromatic heterocycles. The number of hydrogen-bond acceptors (Lipinski definition) is 3. The van der Waals surface area contributed by atoms with E-state index in [-0.39, 0.29) is 23.8 Å². The van der Waals surface area contributed by atoms with Crippen LogP contribution in [0.4, 0.5) is 0 Å². The third-order valence-corrected chi connectivity index (χ3v) is 5.86. The predicted molar refractivity (Wildman–Crippen MR) is 94.0 cm³/mol. The molecule has 0 saturated heterocycles. The van der Waals surface area contributed by atoms with E-state index in [1.807, 2.05) is 0 Å². The molecule has 3 N–H and O–H groups in total. The van der Waals surface area contributed by atoms with Gasteiger partial charge in [0.15, 0.2) is 0 Å². The largest absolute Gasteiger partial charge is 0.391 e. The number of carbonyl (C=O) groups excluding carboxylic acids is 2. The van der Waals surface area contributed by atoms with E-state index in [1.165, 1.54) is 29.5 Å². The van der Waals surface area contributed by atoms with Crippen molar-refractivity contribution in [3.05, 3.63) is 34.9 Å². The van der Waals surface area contributed by atoms with Crippen molar-refractivity contribution in [2.24, 2.45) is 5.92 Å². The summed E-state index contributed by atoms with van der Waals surface area (Å²) in [6.07, 6.45) is 5.25. The molecule has 0 radical (unpaired) electrons. The van der Waals surface area contributed by atoms with Gasteiger partial charge in [0, 0.05) is 5.92 Å². The number of nitrogens with one attached hydrogen (secondary N) is 2. The van der Waals surface area contributed by atoms with Crippen LogP contribution in [-0.2, 0) is 16.0 Å². The molecule has 0 aliphatic heterocycles. The van der Waals surface area contributed by atoms with Crippen LogP contribution >= 0.6 is 0 Å². The van der Waals surface area contributed by atoms with Crippen molar-refractivity contribution in [3.8, 4) is 0 Å². The van der Waals surface area contributed by atoms with Crippen molar-refractivity contribution >= 4 is 11.8 Å². The summed E-state index contributed by atoms with van der Waals surface area (Å²) in [5.74, 6) is 0.134. The van der Waals surface area contributed by atoms with Gasteiger partial charge < -0.3 is 15.7 Å². The lowest BCUT2D eigenvalue weighted by atomic mass is 9.84. The Morgan fingerprint density at radius 3 is 2.76 bits per heavy atom. The highest BCUT2D eigenvalue weighted by molar-refractivity contribution is 5.90. The first kappa shape index (κ1) is 16.6. The molecule has 0 unspecified atom stereocenters. The molecule has 3 aliphatic carbocycles. The smallest absolute Gasteiger partial charge is 0.245 e. The molecule has 1 aromatic carbocycles. The van der Waals surface area contributed by atoms with Gasteiger partial charge in [0.05, 0.1) is 12.1 Å². The normalized spacial score (nSPS) is 26.5. The fourth-order valence-corrected chi connectivity index (χ4v) is 4.40. The van der Waals surface area contributed by atoms with Crippen molar-refractivity contribution in [3.63, 3.8) is 0 Å². The molecule has 2 amide bonds. The monoisotopic (exact) mass is 342 g/mol. The minimum absolute atomic E-state index is 0.0160. The zero-order valence-corrected chi connectivity index (χ0v) is 14.6. The summed E-state index contributed by atoms with van der Waals surface area (Å²) in [6, 6.07) is 5.47. The SMILES string of the molecule is C[C@H](O)[C@H](NC(=O)C1CC1)C(=O)N[C@H]1C[C@@H]2CCCc3cccc1c32. The minimum atomic E-state index is -0.915. The van der Waals surface area contributed by atoms with Gasteiger partial charge in [0.2, 0.25) is 11.8 Å². The van der Waals surface area contributed by atoms with Crippen LogP contribution in [-0.4, -0.2) is 29.1 Å². The van der Waals surface area contributed by atoms with Crippen LogP contribution in [0.1, 0.15) is 67.7 Å². The average molecular weight is 342 g/mol. The van der Waals surface area contributed by atoms with Gasteiger partial charge in [-0.2, -0.15) is 0 Å². The highest BCUT2D eigenvalue weighted by atomic mass is 16.3. The summed E-state index contributed by atoms with van der Waals surface area (Å²) >= 11 is 0. The molecule has 1 fully saturated rings. The highest BCUT2D eigenvalue weighted by Crippen LogP contribution is 2.47.